The van der Waals surface area contributed by atoms with Gasteiger partial charge in [0, 0.05) is 10.9 Å². The van der Waals surface area contributed by atoms with Crippen LogP contribution in [0.2, 0.25) is 0 Å². The van der Waals surface area contributed by atoms with Gasteiger partial charge in [-0.05, 0) is 13.3 Å². The van der Waals surface area contributed by atoms with Crippen molar-refractivity contribution >= 4 is 10.9 Å². The molecule has 0 saturated heterocycles. The summed E-state index contributed by atoms with van der Waals surface area (Å²) in [7, 11) is 0.317. The van der Waals surface area contributed by atoms with Crippen molar-refractivity contribution in [3.05, 3.63) is 0 Å². The van der Waals surface area contributed by atoms with Crippen LogP contribution in [-0.2, 0) is 10.9 Å². The van der Waals surface area contributed by atoms with Gasteiger partial charge in [0.05, 0.1) is 0 Å². The Balaban J connectivity index is 3.07. The molecule has 0 aromatic rings. The van der Waals surface area contributed by atoms with Crippen LogP contribution in [0.4, 0.5) is 0 Å². The maximum absolute atomic E-state index is 8.67. The Morgan fingerprint density at radius 2 is 2.00 bits per heavy atom. The van der Waals surface area contributed by atoms with E-state index in [4.69, 9.17) is 5.11 Å². The van der Waals surface area contributed by atoms with Crippen LogP contribution in [-0.4, -0.2) is 22.6 Å². The summed E-state index contributed by atoms with van der Waals surface area (Å²) in [6.45, 7) is 4.29. The Hall–Kier alpha value is 0.310. The zero-order chi connectivity index (χ0) is 6.41. The first-order valence-electron chi connectivity index (χ1n) is 3.10. The molecular formula is C6H15OS+. The maximum atomic E-state index is 8.67. The highest BCUT2D eigenvalue weighted by molar-refractivity contribution is 7.96. The third-order valence-corrected chi connectivity index (χ3v) is 3.25. The lowest BCUT2D eigenvalue weighted by atomic mass is 10.6. The van der Waals surface area contributed by atoms with E-state index in [1.165, 1.54) is 12.2 Å². The molecule has 0 aliphatic carbocycles. The number of hydrogen-bond acceptors (Lipinski definition) is 1. The molecule has 0 aromatic heterocycles. The maximum Gasteiger partial charge on any atom is 0.205 e. The first-order chi connectivity index (χ1) is 3.85. The van der Waals surface area contributed by atoms with Gasteiger partial charge in [0.2, 0.25) is 5.94 Å². The Morgan fingerprint density at radius 1 is 1.38 bits per heavy atom. The lowest BCUT2D eigenvalue weighted by Gasteiger charge is -1.98. The van der Waals surface area contributed by atoms with Gasteiger partial charge in [-0.15, -0.1) is 0 Å². The summed E-state index contributed by atoms with van der Waals surface area (Å²) in [5, 5.41) is 8.67. The molecule has 0 spiro atoms. The molecule has 0 radical (unpaired) electrons. The number of hydrogen-bond donors (Lipinski definition) is 1. The monoisotopic (exact) mass is 135 g/mol. The van der Waals surface area contributed by atoms with E-state index in [0.29, 0.717) is 16.8 Å². The van der Waals surface area contributed by atoms with Gasteiger partial charge >= 0.3 is 0 Å². The van der Waals surface area contributed by atoms with Gasteiger partial charge in [0.25, 0.3) is 0 Å². The molecule has 1 atom stereocenters. The summed E-state index contributed by atoms with van der Waals surface area (Å²) in [5.74, 6) is 2.74. The summed E-state index contributed by atoms with van der Waals surface area (Å²) < 4.78 is 0. The van der Waals surface area contributed by atoms with Crippen LogP contribution >= 0.6 is 0 Å². The normalized spacial score (nSPS) is 13.9. The minimum atomic E-state index is 0.317. The van der Waals surface area contributed by atoms with Gasteiger partial charge in [-0.1, -0.05) is 6.92 Å². The molecule has 0 amide bonds. The number of aliphatic hydroxyl groups excluding tert-OH is 1. The Morgan fingerprint density at radius 3 is 2.12 bits per heavy atom. The van der Waals surface area contributed by atoms with Crippen molar-refractivity contribution in [2.75, 3.05) is 17.4 Å². The average molecular weight is 135 g/mol. The lowest BCUT2D eigenvalue weighted by Crippen LogP contribution is -2.13. The second-order valence-corrected chi connectivity index (χ2v) is 4.20. The first-order valence-corrected chi connectivity index (χ1v) is 4.83. The van der Waals surface area contributed by atoms with E-state index in [0.717, 1.165) is 5.75 Å². The van der Waals surface area contributed by atoms with E-state index < -0.39 is 0 Å². The molecule has 50 valence electrons. The van der Waals surface area contributed by atoms with Crippen LogP contribution in [0.15, 0.2) is 0 Å². The minimum Gasteiger partial charge on any atom is -0.352 e. The van der Waals surface area contributed by atoms with Crippen LogP contribution in [0.1, 0.15) is 20.3 Å². The van der Waals surface area contributed by atoms with Crippen molar-refractivity contribution in [1.29, 1.82) is 0 Å². The molecule has 0 fully saturated rings. The van der Waals surface area contributed by atoms with Crippen molar-refractivity contribution < 1.29 is 5.11 Å². The smallest absolute Gasteiger partial charge is 0.205 e. The van der Waals surface area contributed by atoms with E-state index in [1.54, 1.807) is 0 Å². The highest BCUT2D eigenvalue weighted by Gasteiger charge is 2.09. The molecule has 0 aliphatic rings. The topological polar surface area (TPSA) is 20.2 Å². The Labute approximate surface area is 54.4 Å². The minimum absolute atomic E-state index is 0.317. The van der Waals surface area contributed by atoms with E-state index in [1.807, 2.05) is 0 Å². The van der Waals surface area contributed by atoms with Crippen molar-refractivity contribution in [2.24, 2.45) is 0 Å². The Kier molecular flexibility index (Phi) is 5.66. The molecule has 1 nitrogen and oxygen atoms in total. The molecule has 8 heavy (non-hydrogen) atoms. The molecular weight excluding hydrogens is 120 g/mol. The molecule has 2 heteroatoms. The molecule has 0 aliphatic heterocycles. The van der Waals surface area contributed by atoms with Crippen molar-refractivity contribution in [1.82, 2.24) is 0 Å². The molecule has 0 bridgehead atoms. The van der Waals surface area contributed by atoms with Crippen molar-refractivity contribution in [3.8, 4) is 0 Å². The van der Waals surface area contributed by atoms with Gasteiger partial charge < -0.3 is 5.11 Å². The predicted octanol–water partition coefficient (Wildman–Crippen LogP) is 0.984. The molecule has 0 saturated carbocycles. The highest BCUT2D eigenvalue weighted by Crippen LogP contribution is 1.95. The third kappa shape index (κ3) is 3.33. The van der Waals surface area contributed by atoms with Crippen molar-refractivity contribution in [2.45, 2.75) is 20.3 Å². The van der Waals surface area contributed by atoms with Gasteiger partial charge in [-0.2, -0.15) is 0 Å². The van der Waals surface area contributed by atoms with Crippen LogP contribution in [0.5, 0.6) is 0 Å². The third-order valence-electron chi connectivity index (χ3n) is 1.08. The predicted molar refractivity (Wildman–Crippen MR) is 40.1 cm³/mol. The summed E-state index contributed by atoms with van der Waals surface area (Å²) in [4.78, 5) is 0. The number of aliphatic hydroxyl groups is 1. The summed E-state index contributed by atoms with van der Waals surface area (Å²) in [6.07, 6.45) is 1.21. The molecule has 0 heterocycles. The van der Waals surface area contributed by atoms with Crippen LogP contribution < -0.4 is 0 Å². The summed E-state index contributed by atoms with van der Waals surface area (Å²) in [5.41, 5.74) is 0. The number of rotatable bonds is 4. The van der Waals surface area contributed by atoms with E-state index in [2.05, 4.69) is 13.8 Å². The standard InChI is InChI=1S/C6H15OS/c1-3-5-8(4-2)6-7/h7H,3-6H2,1-2H3/q+1. The first kappa shape index (κ1) is 8.31. The van der Waals surface area contributed by atoms with Gasteiger partial charge in [0.15, 0.2) is 0 Å². The van der Waals surface area contributed by atoms with Gasteiger partial charge in [0.1, 0.15) is 11.5 Å². The van der Waals surface area contributed by atoms with Crippen molar-refractivity contribution in [3.63, 3.8) is 0 Å². The quantitative estimate of drug-likeness (QED) is 0.570. The second-order valence-electron chi connectivity index (χ2n) is 1.73. The summed E-state index contributed by atoms with van der Waals surface area (Å²) in [6, 6.07) is 0. The van der Waals surface area contributed by atoms with E-state index in [9.17, 15) is 0 Å². The van der Waals surface area contributed by atoms with Crippen LogP contribution in [0.25, 0.3) is 0 Å². The zero-order valence-corrected chi connectivity index (χ0v) is 6.50. The molecule has 0 rings (SSSR count). The van der Waals surface area contributed by atoms with E-state index in [-0.39, 0.29) is 0 Å². The molecule has 0 aromatic carbocycles. The second kappa shape index (κ2) is 5.45. The summed E-state index contributed by atoms with van der Waals surface area (Å²) >= 11 is 0. The molecule has 1 N–H and O–H groups in total. The SMILES string of the molecule is CCC[S+](CC)CO. The van der Waals surface area contributed by atoms with Gasteiger partial charge in [-0.25, -0.2) is 0 Å². The lowest BCUT2D eigenvalue weighted by molar-refractivity contribution is 0.372. The Bertz CT molecular complexity index is 43.8. The van der Waals surface area contributed by atoms with Gasteiger partial charge in [-0.3, -0.25) is 0 Å². The largest absolute Gasteiger partial charge is 0.352 e. The molecule has 1 unspecified atom stereocenters. The fraction of sp³-hybridized carbons (Fsp3) is 1.00. The average Bonchev–Trinajstić information content (AvgIpc) is 1.83. The zero-order valence-electron chi connectivity index (χ0n) is 5.68. The van der Waals surface area contributed by atoms with E-state index >= 15 is 0 Å². The van der Waals surface area contributed by atoms with Crippen LogP contribution in [0.3, 0.4) is 0 Å². The fourth-order valence-corrected chi connectivity index (χ4v) is 1.77. The highest BCUT2D eigenvalue weighted by atomic mass is 32.2. The fourth-order valence-electron chi connectivity index (χ4n) is 0.589. The van der Waals surface area contributed by atoms with Crippen LogP contribution in [0, 0.1) is 0 Å².